The average Bonchev–Trinajstić information content (AvgIpc) is 2.68. The van der Waals surface area contributed by atoms with Crippen molar-refractivity contribution in [3.8, 4) is 22.6 Å². The van der Waals surface area contributed by atoms with E-state index >= 15 is 0 Å². The van der Waals surface area contributed by atoms with E-state index in [4.69, 9.17) is 33.2 Å². The Morgan fingerprint density at radius 3 is 1.85 bits per heavy atom. The van der Waals surface area contributed by atoms with Crippen LogP contribution in [0.15, 0.2) is 48.5 Å². The first kappa shape index (κ1) is 19.9. The highest BCUT2D eigenvalue weighted by molar-refractivity contribution is 6.30. The molecule has 0 fully saturated rings. The molecule has 3 rings (SSSR count). The second kappa shape index (κ2) is 9.34. The maximum Gasteiger partial charge on any atom is 0.160 e. The van der Waals surface area contributed by atoms with Gasteiger partial charge in [-0.2, -0.15) is 0 Å². The summed E-state index contributed by atoms with van der Waals surface area (Å²) in [5.74, 6) is 0.752. The van der Waals surface area contributed by atoms with E-state index in [2.05, 4.69) is 13.8 Å². The zero-order chi connectivity index (χ0) is 19.2. The monoisotopic (exact) mass is 398 g/mol. The minimum Gasteiger partial charge on any atom is -0.233 e. The molecule has 0 aliphatic heterocycles. The number of halogens is 2. The van der Waals surface area contributed by atoms with Gasteiger partial charge >= 0.3 is 0 Å². The van der Waals surface area contributed by atoms with Gasteiger partial charge in [0.1, 0.15) is 0 Å². The molecule has 1 heterocycles. The molecular formula is C23H24Cl2N2. The van der Waals surface area contributed by atoms with Gasteiger partial charge in [-0.1, -0.05) is 62.0 Å². The number of unbranched alkanes of at least 4 members (excludes halogenated alkanes) is 1. The molecule has 0 aliphatic carbocycles. The largest absolute Gasteiger partial charge is 0.233 e. The number of aromatic nitrogens is 2. The maximum absolute atomic E-state index is 6.10. The van der Waals surface area contributed by atoms with E-state index in [1.807, 2.05) is 48.5 Å². The number of hydrogen-bond acceptors (Lipinski definition) is 2. The molecule has 27 heavy (non-hydrogen) atoms. The SMILES string of the molecule is CCCCc1nc(-c2ccc(Cl)cc2)nc(-c2ccc(Cl)cc2)c1CCC. The van der Waals surface area contributed by atoms with Crippen LogP contribution in [0.4, 0.5) is 0 Å². The molecular weight excluding hydrogens is 375 g/mol. The van der Waals surface area contributed by atoms with Crippen LogP contribution >= 0.6 is 23.2 Å². The van der Waals surface area contributed by atoms with Gasteiger partial charge in [0.05, 0.1) is 5.69 Å². The van der Waals surface area contributed by atoms with Gasteiger partial charge in [0.2, 0.25) is 0 Å². The third kappa shape index (κ3) is 4.88. The summed E-state index contributed by atoms with van der Waals surface area (Å²) in [7, 11) is 0. The number of aryl methyl sites for hydroxylation is 1. The summed E-state index contributed by atoms with van der Waals surface area (Å²) in [6.07, 6.45) is 5.26. The molecule has 0 aliphatic rings. The first-order valence-electron chi connectivity index (χ1n) is 9.54. The topological polar surface area (TPSA) is 25.8 Å². The van der Waals surface area contributed by atoms with Crippen LogP contribution in [0.3, 0.4) is 0 Å². The molecule has 3 aromatic rings. The van der Waals surface area contributed by atoms with E-state index in [0.717, 1.165) is 65.5 Å². The van der Waals surface area contributed by atoms with Crippen molar-refractivity contribution in [2.45, 2.75) is 46.0 Å². The van der Waals surface area contributed by atoms with Crippen LogP contribution in [0.2, 0.25) is 10.0 Å². The molecule has 0 spiro atoms. The van der Waals surface area contributed by atoms with Gasteiger partial charge in [-0.25, -0.2) is 9.97 Å². The van der Waals surface area contributed by atoms with Gasteiger partial charge < -0.3 is 0 Å². The minimum atomic E-state index is 0.713. The predicted octanol–water partition coefficient (Wildman–Crippen LogP) is 7.41. The molecule has 1 aromatic heterocycles. The molecule has 140 valence electrons. The molecule has 0 atom stereocenters. The Balaban J connectivity index is 2.18. The number of rotatable bonds is 7. The van der Waals surface area contributed by atoms with Gasteiger partial charge in [-0.3, -0.25) is 0 Å². The lowest BCUT2D eigenvalue weighted by Crippen LogP contribution is -2.06. The first-order chi connectivity index (χ1) is 13.1. The van der Waals surface area contributed by atoms with Crippen molar-refractivity contribution in [2.75, 3.05) is 0 Å². The second-order valence-electron chi connectivity index (χ2n) is 6.69. The summed E-state index contributed by atoms with van der Waals surface area (Å²) in [6, 6.07) is 15.6. The predicted molar refractivity (Wildman–Crippen MR) is 116 cm³/mol. The standard InChI is InChI=1S/C23H24Cl2N2/c1-3-5-7-21-20(6-4-2)22(16-8-12-18(24)13-9-16)27-23(26-21)17-10-14-19(25)15-11-17/h8-15H,3-7H2,1-2H3. The zero-order valence-electron chi connectivity index (χ0n) is 15.8. The quantitative estimate of drug-likeness (QED) is 0.413. The molecule has 0 radical (unpaired) electrons. The second-order valence-corrected chi connectivity index (χ2v) is 7.56. The lowest BCUT2D eigenvalue weighted by Gasteiger charge is -2.16. The van der Waals surface area contributed by atoms with Crippen molar-refractivity contribution in [3.63, 3.8) is 0 Å². The van der Waals surface area contributed by atoms with Crippen molar-refractivity contribution in [1.82, 2.24) is 9.97 Å². The van der Waals surface area contributed by atoms with Crippen molar-refractivity contribution in [3.05, 3.63) is 69.8 Å². The van der Waals surface area contributed by atoms with E-state index in [1.54, 1.807) is 0 Å². The Morgan fingerprint density at radius 1 is 0.704 bits per heavy atom. The molecule has 2 nitrogen and oxygen atoms in total. The normalized spacial score (nSPS) is 11.0. The Hall–Kier alpha value is -1.90. The van der Waals surface area contributed by atoms with Gasteiger partial charge in [-0.15, -0.1) is 0 Å². The fourth-order valence-corrected chi connectivity index (χ4v) is 3.42. The highest BCUT2D eigenvalue weighted by Gasteiger charge is 2.16. The van der Waals surface area contributed by atoms with Crippen LogP contribution in [0.1, 0.15) is 44.4 Å². The first-order valence-corrected chi connectivity index (χ1v) is 10.3. The van der Waals surface area contributed by atoms with Crippen LogP contribution in [0.25, 0.3) is 22.6 Å². The van der Waals surface area contributed by atoms with E-state index in [1.165, 1.54) is 5.56 Å². The van der Waals surface area contributed by atoms with Gasteiger partial charge in [0.15, 0.2) is 5.82 Å². The zero-order valence-corrected chi connectivity index (χ0v) is 17.3. The third-order valence-electron chi connectivity index (χ3n) is 4.58. The molecule has 4 heteroatoms. The lowest BCUT2D eigenvalue weighted by molar-refractivity contribution is 0.755. The van der Waals surface area contributed by atoms with Gasteiger partial charge in [0, 0.05) is 32.4 Å². The molecule has 0 N–H and O–H groups in total. The van der Waals surface area contributed by atoms with Crippen LogP contribution in [-0.2, 0) is 12.8 Å². The number of benzene rings is 2. The smallest absolute Gasteiger partial charge is 0.160 e. The fourth-order valence-electron chi connectivity index (χ4n) is 3.17. The summed E-state index contributed by atoms with van der Waals surface area (Å²) in [4.78, 5) is 9.91. The summed E-state index contributed by atoms with van der Waals surface area (Å²) in [5, 5.41) is 1.44. The molecule has 0 saturated heterocycles. The fraction of sp³-hybridized carbons (Fsp3) is 0.304. The maximum atomic E-state index is 6.10. The Labute approximate surface area is 171 Å². The van der Waals surface area contributed by atoms with Crippen LogP contribution in [0.5, 0.6) is 0 Å². The van der Waals surface area contributed by atoms with Crippen LogP contribution < -0.4 is 0 Å². The van der Waals surface area contributed by atoms with E-state index in [-0.39, 0.29) is 0 Å². The summed E-state index contributed by atoms with van der Waals surface area (Å²) >= 11 is 12.2. The van der Waals surface area contributed by atoms with Crippen molar-refractivity contribution in [2.24, 2.45) is 0 Å². The molecule has 0 bridgehead atoms. The Morgan fingerprint density at radius 2 is 1.30 bits per heavy atom. The summed E-state index contributed by atoms with van der Waals surface area (Å²) in [6.45, 7) is 4.41. The Kier molecular flexibility index (Phi) is 6.87. The summed E-state index contributed by atoms with van der Waals surface area (Å²) in [5.41, 5.74) is 5.49. The highest BCUT2D eigenvalue weighted by Crippen LogP contribution is 2.30. The third-order valence-corrected chi connectivity index (χ3v) is 5.08. The van der Waals surface area contributed by atoms with Crippen molar-refractivity contribution < 1.29 is 0 Å². The van der Waals surface area contributed by atoms with E-state index in [0.29, 0.717) is 5.02 Å². The number of nitrogens with zero attached hydrogens (tertiary/aromatic N) is 2. The van der Waals surface area contributed by atoms with Gasteiger partial charge in [0.25, 0.3) is 0 Å². The van der Waals surface area contributed by atoms with Crippen molar-refractivity contribution in [1.29, 1.82) is 0 Å². The number of hydrogen-bond donors (Lipinski definition) is 0. The molecule has 0 saturated carbocycles. The van der Waals surface area contributed by atoms with E-state index < -0.39 is 0 Å². The van der Waals surface area contributed by atoms with Gasteiger partial charge in [-0.05, 0) is 55.7 Å². The minimum absolute atomic E-state index is 0.713. The molecule has 0 unspecified atom stereocenters. The highest BCUT2D eigenvalue weighted by atomic mass is 35.5. The lowest BCUT2D eigenvalue weighted by atomic mass is 9.97. The summed E-state index contributed by atoms with van der Waals surface area (Å²) < 4.78 is 0. The molecule has 2 aromatic carbocycles. The average molecular weight is 399 g/mol. The molecule has 0 amide bonds. The van der Waals surface area contributed by atoms with Crippen LogP contribution in [0, 0.1) is 0 Å². The van der Waals surface area contributed by atoms with Crippen LogP contribution in [-0.4, -0.2) is 9.97 Å². The Bertz CT molecular complexity index is 888. The van der Waals surface area contributed by atoms with E-state index in [9.17, 15) is 0 Å². The van der Waals surface area contributed by atoms with Crippen molar-refractivity contribution >= 4 is 23.2 Å².